The fourth-order valence-corrected chi connectivity index (χ4v) is 1.72. The van der Waals surface area contributed by atoms with Crippen molar-refractivity contribution in [1.29, 1.82) is 0 Å². The van der Waals surface area contributed by atoms with Gasteiger partial charge in [-0.25, -0.2) is 14.0 Å². The van der Waals surface area contributed by atoms with Gasteiger partial charge in [-0.3, -0.25) is 0 Å². The highest BCUT2D eigenvalue weighted by Gasteiger charge is 2.12. The predicted molar refractivity (Wildman–Crippen MR) is 78.4 cm³/mol. The summed E-state index contributed by atoms with van der Waals surface area (Å²) in [5.41, 5.74) is 0.526. The smallest absolute Gasteiger partial charge is 0.343 e. The minimum Gasteiger partial charge on any atom is -0.462 e. The average Bonchev–Trinajstić information content (AvgIpc) is 2.53. The van der Waals surface area contributed by atoms with E-state index in [1.54, 1.807) is 18.2 Å². The van der Waals surface area contributed by atoms with Crippen LogP contribution in [0.25, 0.3) is 0 Å². The Bertz CT molecular complexity index is 665. The fraction of sp³-hybridized carbons (Fsp3) is 0.176. The van der Waals surface area contributed by atoms with E-state index in [0.29, 0.717) is 12.2 Å². The van der Waals surface area contributed by atoms with Gasteiger partial charge in [-0.05, 0) is 48.9 Å². The first-order chi connectivity index (χ1) is 10.6. The molecular weight excluding hydrogens is 287 g/mol. The molecule has 2 rings (SSSR count). The van der Waals surface area contributed by atoms with Gasteiger partial charge < -0.3 is 9.47 Å². The Balaban J connectivity index is 2.08. The first-order valence-electron chi connectivity index (χ1n) is 6.85. The van der Waals surface area contributed by atoms with E-state index in [1.165, 1.54) is 30.3 Å². The molecule has 0 atom stereocenters. The van der Waals surface area contributed by atoms with Gasteiger partial charge in [-0.2, -0.15) is 0 Å². The quantitative estimate of drug-likeness (QED) is 0.625. The number of ether oxygens (including phenoxy) is 2. The highest BCUT2D eigenvalue weighted by molar-refractivity contribution is 5.92. The maximum Gasteiger partial charge on any atom is 0.343 e. The van der Waals surface area contributed by atoms with Gasteiger partial charge in [0.15, 0.2) is 0 Å². The van der Waals surface area contributed by atoms with Crippen LogP contribution in [-0.4, -0.2) is 18.5 Å². The Labute approximate surface area is 127 Å². The van der Waals surface area contributed by atoms with Crippen molar-refractivity contribution in [1.82, 2.24) is 0 Å². The molecule has 0 saturated carbocycles. The molecule has 0 fully saturated rings. The van der Waals surface area contributed by atoms with Crippen LogP contribution in [0.2, 0.25) is 0 Å². The lowest BCUT2D eigenvalue weighted by molar-refractivity contribution is 0.0503. The summed E-state index contributed by atoms with van der Waals surface area (Å²) in [4.78, 5) is 23.7. The molecule has 2 aromatic rings. The van der Waals surface area contributed by atoms with Crippen molar-refractivity contribution in [2.24, 2.45) is 0 Å². The van der Waals surface area contributed by atoms with Crippen LogP contribution < -0.4 is 4.74 Å². The van der Waals surface area contributed by atoms with E-state index in [2.05, 4.69) is 0 Å². The van der Waals surface area contributed by atoms with E-state index in [0.717, 1.165) is 6.42 Å². The Morgan fingerprint density at radius 3 is 2.41 bits per heavy atom. The molecule has 0 aliphatic carbocycles. The lowest BCUT2D eigenvalue weighted by Gasteiger charge is -2.07. The molecule has 22 heavy (non-hydrogen) atoms. The van der Waals surface area contributed by atoms with Crippen LogP contribution in [0.1, 0.15) is 34.1 Å². The van der Waals surface area contributed by atoms with Crippen LogP contribution in [0.4, 0.5) is 4.39 Å². The number of hydrogen-bond acceptors (Lipinski definition) is 4. The number of hydrogen-bond donors (Lipinski definition) is 0. The number of benzene rings is 2. The monoisotopic (exact) mass is 302 g/mol. The maximum absolute atomic E-state index is 12.8. The second-order valence-corrected chi connectivity index (χ2v) is 4.56. The standard InChI is InChI=1S/C17H15FO4/c1-2-10-21-16(19)13-4-3-5-15(11-13)22-17(20)12-6-8-14(18)9-7-12/h3-9,11H,2,10H2,1H3. The maximum atomic E-state index is 12.8. The van der Waals surface area contributed by atoms with Crippen molar-refractivity contribution in [3.63, 3.8) is 0 Å². The van der Waals surface area contributed by atoms with E-state index in [9.17, 15) is 14.0 Å². The summed E-state index contributed by atoms with van der Waals surface area (Å²) in [6, 6.07) is 11.2. The van der Waals surface area contributed by atoms with E-state index in [1.807, 2.05) is 6.92 Å². The van der Waals surface area contributed by atoms with Crippen molar-refractivity contribution in [2.75, 3.05) is 6.61 Å². The Hall–Kier alpha value is -2.69. The fourth-order valence-electron chi connectivity index (χ4n) is 1.72. The highest BCUT2D eigenvalue weighted by Crippen LogP contribution is 2.16. The zero-order valence-electron chi connectivity index (χ0n) is 12.0. The molecular formula is C17H15FO4. The van der Waals surface area contributed by atoms with E-state index >= 15 is 0 Å². The molecule has 2 aromatic carbocycles. The van der Waals surface area contributed by atoms with Gasteiger partial charge in [-0.15, -0.1) is 0 Å². The molecule has 0 spiro atoms. The molecule has 0 aliphatic heterocycles. The molecule has 0 N–H and O–H groups in total. The van der Waals surface area contributed by atoms with Crippen LogP contribution in [-0.2, 0) is 4.74 Å². The molecule has 0 unspecified atom stereocenters. The molecule has 4 nitrogen and oxygen atoms in total. The number of carbonyl (C=O) groups is 2. The Morgan fingerprint density at radius 1 is 1.00 bits per heavy atom. The molecule has 0 aliphatic rings. The summed E-state index contributed by atoms with van der Waals surface area (Å²) in [6.07, 6.45) is 0.727. The summed E-state index contributed by atoms with van der Waals surface area (Å²) in [7, 11) is 0. The Morgan fingerprint density at radius 2 is 1.73 bits per heavy atom. The van der Waals surface area contributed by atoms with Crippen molar-refractivity contribution >= 4 is 11.9 Å². The van der Waals surface area contributed by atoms with E-state index in [4.69, 9.17) is 9.47 Å². The molecule has 0 amide bonds. The van der Waals surface area contributed by atoms with Crippen molar-refractivity contribution < 1.29 is 23.5 Å². The summed E-state index contributed by atoms with van der Waals surface area (Å²) in [5, 5.41) is 0. The van der Waals surface area contributed by atoms with Crippen molar-refractivity contribution in [3.8, 4) is 5.75 Å². The van der Waals surface area contributed by atoms with Crippen LogP contribution in [0.15, 0.2) is 48.5 Å². The Kier molecular flexibility index (Phi) is 5.25. The molecule has 0 heterocycles. The number of esters is 2. The summed E-state index contributed by atoms with van der Waals surface area (Å²) < 4.78 is 23.0. The third-order valence-electron chi connectivity index (χ3n) is 2.80. The van der Waals surface area contributed by atoms with Gasteiger partial charge in [0.1, 0.15) is 11.6 Å². The van der Waals surface area contributed by atoms with Crippen LogP contribution >= 0.6 is 0 Å². The minimum absolute atomic E-state index is 0.222. The predicted octanol–water partition coefficient (Wildman–Crippen LogP) is 3.61. The van der Waals surface area contributed by atoms with Gasteiger partial charge in [0, 0.05) is 0 Å². The molecule has 5 heteroatoms. The van der Waals surface area contributed by atoms with Crippen LogP contribution in [0.5, 0.6) is 5.75 Å². The summed E-state index contributed by atoms with van der Waals surface area (Å²) in [5.74, 6) is -1.31. The van der Waals surface area contributed by atoms with Gasteiger partial charge in [0.25, 0.3) is 0 Å². The van der Waals surface area contributed by atoms with Gasteiger partial charge in [0.2, 0.25) is 0 Å². The first kappa shape index (κ1) is 15.7. The molecule has 114 valence electrons. The number of carbonyl (C=O) groups excluding carboxylic acids is 2. The van der Waals surface area contributed by atoms with Crippen LogP contribution in [0.3, 0.4) is 0 Å². The third kappa shape index (κ3) is 4.15. The normalized spacial score (nSPS) is 10.1. The zero-order chi connectivity index (χ0) is 15.9. The largest absolute Gasteiger partial charge is 0.462 e. The zero-order valence-corrected chi connectivity index (χ0v) is 12.0. The average molecular weight is 302 g/mol. The third-order valence-corrected chi connectivity index (χ3v) is 2.80. The second-order valence-electron chi connectivity index (χ2n) is 4.56. The van der Waals surface area contributed by atoms with Crippen LogP contribution in [0, 0.1) is 5.82 Å². The molecule has 0 radical (unpaired) electrons. The van der Waals surface area contributed by atoms with Gasteiger partial charge in [-0.1, -0.05) is 13.0 Å². The summed E-state index contributed by atoms with van der Waals surface area (Å²) >= 11 is 0. The number of rotatable bonds is 5. The first-order valence-corrected chi connectivity index (χ1v) is 6.85. The SMILES string of the molecule is CCCOC(=O)c1cccc(OC(=O)c2ccc(F)cc2)c1. The highest BCUT2D eigenvalue weighted by atomic mass is 19.1. The molecule has 0 bridgehead atoms. The van der Waals surface area contributed by atoms with Crippen molar-refractivity contribution in [3.05, 3.63) is 65.5 Å². The minimum atomic E-state index is -0.626. The van der Waals surface area contributed by atoms with Gasteiger partial charge in [0.05, 0.1) is 17.7 Å². The summed E-state index contributed by atoms with van der Waals surface area (Å²) in [6.45, 7) is 2.23. The molecule has 0 saturated heterocycles. The lowest BCUT2D eigenvalue weighted by Crippen LogP contribution is -2.10. The van der Waals surface area contributed by atoms with Crippen molar-refractivity contribution in [2.45, 2.75) is 13.3 Å². The van der Waals surface area contributed by atoms with E-state index in [-0.39, 0.29) is 11.3 Å². The number of halogens is 1. The van der Waals surface area contributed by atoms with Gasteiger partial charge >= 0.3 is 11.9 Å². The second kappa shape index (κ2) is 7.36. The molecule has 0 aromatic heterocycles. The lowest BCUT2D eigenvalue weighted by atomic mass is 10.2. The van der Waals surface area contributed by atoms with E-state index < -0.39 is 17.8 Å². The topological polar surface area (TPSA) is 52.6 Å².